The number of carbonyl (C=O) groups excluding carboxylic acids is 1. The lowest BCUT2D eigenvalue weighted by molar-refractivity contribution is -0.119. The van der Waals surface area contributed by atoms with Crippen LogP contribution in [0, 0.1) is 12.8 Å². The Labute approximate surface area is 107 Å². The molecule has 0 spiro atoms. The molecule has 0 fully saturated rings. The van der Waals surface area contributed by atoms with E-state index in [4.69, 9.17) is 17.3 Å². The summed E-state index contributed by atoms with van der Waals surface area (Å²) >= 11 is 6.11. The third-order valence-corrected chi connectivity index (χ3v) is 3.24. The lowest BCUT2D eigenvalue weighted by Gasteiger charge is -2.13. The van der Waals surface area contributed by atoms with E-state index in [1.54, 1.807) is 0 Å². The molecule has 0 aliphatic rings. The first-order chi connectivity index (χ1) is 8.06. The van der Waals surface area contributed by atoms with Crippen molar-refractivity contribution in [3.05, 3.63) is 28.8 Å². The molecule has 0 heterocycles. The molecule has 1 rings (SSSR count). The van der Waals surface area contributed by atoms with Crippen LogP contribution in [0.1, 0.15) is 25.3 Å². The van der Waals surface area contributed by atoms with Crippen molar-refractivity contribution < 1.29 is 4.79 Å². The summed E-state index contributed by atoms with van der Waals surface area (Å²) in [6.07, 6.45) is 1.65. The van der Waals surface area contributed by atoms with Gasteiger partial charge in [0.2, 0.25) is 5.91 Å². The summed E-state index contributed by atoms with van der Waals surface area (Å²) in [5, 5.41) is 3.45. The zero-order chi connectivity index (χ0) is 12.8. The minimum Gasteiger partial charge on any atom is -0.330 e. The molecule has 0 aliphatic heterocycles. The Balaban J connectivity index is 2.64. The molecule has 0 saturated heterocycles. The van der Waals surface area contributed by atoms with Gasteiger partial charge in [-0.2, -0.15) is 0 Å². The highest BCUT2D eigenvalue weighted by Crippen LogP contribution is 2.25. The summed E-state index contributed by atoms with van der Waals surface area (Å²) in [6.45, 7) is 4.42. The van der Waals surface area contributed by atoms with Crippen LogP contribution in [0.25, 0.3) is 0 Å². The molecule has 94 valence electrons. The molecule has 1 unspecified atom stereocenters. The van der Waals surface area contributed by atoms with Crippen molar-refractivity contribution in [1.29, 1.82) is 0 Å². The highest BCUT2D eigenvalue weighted by atomic mass is 35.5. The average molecular weight is 255 g/mol. The number of anilines is 1. The van der Waals surface area contributed by atoms with E-state index < -0.39 is 0 Å². The quantitative estimate of drug-likeness (QED) is 0.849. The molecule has 3 N–H and O–H groups in total. The van der Waals surface area contributed by atoms with Crippen LogP contribution in [-0.4, -0.2) is 12.5 Å². The second-order valence-corrected chi connectivity index (χ2v) is 4.64. The van der Waals surface area contributed by atoms with Crippen LogP contribution in [0.4, 0.5) is 5.69 Å². The maximum absolute atomic E-state index is 11.9. The fraction of sp³-hybridized carbons (Fsp3) is 0.462. The fourth-order valence-corrected chi connectivity index (χ4v) is 1.73. The molecule has 4 heteroatoms. The molecule has 0 radical (unpaired) electrons. The largest absolute Gasteiger partial charge is 0.330 e. The number of hydrogen-bond acceptors (Lipinski definition) is 2. The highest BCUT2D eigenvalue weighted by molar-refractivity contribution is 6.34. The summed E-state index contributed by atoms with van der Waals surface area (Å²) in [5.41, 5.74) is 7.06. The first-order valence-corrected chi connectivity index (χ1v) is 6.20. The van der Waals surface area contributed by atoms with E-state index in [0.717, 1.165) is 18.4 Å². The molecule has 0 aromatic heterocycles. The van der Waals surface area contributed by atoms with Gasteiger partial charge in [-0.15, -0.1) is 0 Å². The summed E-state index contributed by atoms with van der Waals surface area (Å²) in [6, 6.07) is 5.60. The Bertz CT molecular complexity index is 393. The minimum atomic E-state index is -0.0462. The maximum Gasteiger partial charge on any atom is 0.227 e. The number of amides is 1. The summed E-state index contributed by atoms with van der Waals surface area (Å²) in [7, 11) is 0. The predicted octanol–water partition coefficient (Wildman–Crippen LogP) is 2.96. The van der Waals surface area contributed by atoms with E-state index in [-0.39, 0.29) is 11.8 Å². The normalized spacial score (nSPS) is 12.2. The van der Waals surface area contributed by atoms with E-state index in [1.165, 1.54) is 0 Å². The number of aryl methyl sites for hydroxylation is 1. The number of halogens is 1. The van der Waals surface area contributed by atoms with Gasteiger partial charge in [0.25, 0.3) is 0 Å². The van der Waals surface area contributed by atoms with Crippen molar-refractivity contribution >= 4 is 23.2 Å². The van der Waals surface area contributed by atoms with Crippen LogP contribution < -0.4 is 11.1 Å². The summed E-state index contributed by atoms with van der Waals surface area (Å²) in [4.78, 5) is 11.9. The van der Waals surface area contributed by atoms with Crippen molar-refractivity contribution in [1.82, 2.24) is 0 Å². The first kappa shape index (κ1) is 14.0. The molecule has 1 amide bonds. The van der Waals surface area contributed by atoms with Gasteiger partial charge in [-0.25, -0.2) is 0 Å². The molecule has 3 nitrogen and oxygen atoms in total. The van der Waals surface area contributed by atoms with Gasteiger partial charge in [0.1, 0.15) is 0 Å². The van der Waals surface area contributed by atoms with Crippen LogP contribution in [0.2, 0.25) is 5.02 Å². The molecule has 1 aromatic rings. The number of nitrogens with two attached hydrogens (primary N) is 1. The van der Waals surface area contributed by atoms with Gasteiger partial charge < -0.3 is 11.1 Å². The second-order valence-electron chi connectivity index (χ2n) is 4.26. The van der Waals surface area contributed by atoms with E-state index in [1.807, 2.05) is 32.0 Å². The second kappa shape index (κ2) is 6.62. The zero-order valence-electron chi connectivity index (χ0n) is 10.3. The molecule has 1 atom stereocenters. The van der Waals surface area contributed by atoms with Gasteiger partial charge in [0, 0.05) is 5.92 Å². The average Bonchev–Trinajstić information content (AvgIpc) is 2.31. The lowest BCUT2D eigenvalue weighted by Crippen LogP contribution is -2.21. The first-order valence-electron chi connectivity index (χ1n) is 5.82. The Hall–Kier alpha value is -1.06. The third-order valence-electron chi connectivity index (χ3n) is 2.74. The van der Waals surface area contributed by atoms with Crippen LogP contribution in [0.15, 0.2) is 18.2 Å². The van der Waals surface area contributed by atoms with Gasteiger partial charge in [-0.3, -0.25) is 4.79 Å². The minimum absolute atomic E-state index is 0.00838. The van der Waals surface area contributed by atoms with Crippen molar-refractivity contribution in [2.24, 2.45) is 11.7 Å². The Kier molecular flexibility index (Phi) is 5.45. The van der Waals surface area contributed by atoms with Crippen molar-refractivity contribution in [3.63, 3.8) is 0 Å². The van der Waals surface area contributed by atoms with Gasteiger partial charge in [-0.05, 0) is 37.9 Å². The third kappa shape index (κ3) is 4.02. The van der Waals surface area contributed by atoms with Gasteiger partial charge >= 0.3 is 0 Å². The highest BCUT2D eigenvalue weighted by Gasteiger charge is 2.14. The maximum atomic E-state index is 11.9. The molecule has 17 heavy (non-hydrogen) atoms. The molecule has 0 bridgehead atoms. The number of benzene rings is 1. The topological polar surface area (TPSA) is 55.1 Å². The standard InChI is InChI=1S/C13H19ClN2O/c1-9-5-3-7-11(12(9)14)16-13(17)10(2)6-4-8-15/h3,5,7,10H,4,6,8,15H2,1-2H3,(H,16,17). The van der Waals surface area contributed by atoms with Crippen molar-refractivity contribution in [3.8, 4) is 0 Å². The van der Waals surface area contributed by atoms with E-state index in [0.29, 0.717) is 17.3 Å². The van der Waals surface area contributed by atoms with Gasteiger partial charge in [0.05, 0.1) is 10.7 Å². The molecule has 0 saturated carbocycles. The van der Waals surface area contributed by atoms with E-state index in [9.17, 15) is 4.79 Å². The fourth-order valence-electron chi connectivity index (χ4n) is 1.56. The van der Waals surface area contributed by atoms with Crippen LogP contribution in [0.3, 0.4) is 0 Å². The monoisotopic (exact) mass is 254 g/mol. The summed E-state index contributed by atoms with van der Waals surface area (Å²) < 4.78 is 0. The number of nitrogens with one attached hydrogen (secondary N) is 1. The SMILES string of the molecule is Cc1cccc(NC(=O)C(C)CCCN)c1Cl. The van der Waals surface area contributed by atoms with Crippen LogP contribution in [0.5, 0.6) is 0 Å². The Morgan fingerprint density at radius 1 is 1.53 bits per heavy atom. The lowest BCUT2D eigenvalue weighted by atomic mass is 10.0. The number of carbonyl (C=O) groups is 1. The van der Waals surface area contributed by atoms with Crippen LogP contribution in [-0.2, 0) is 4.79 Å². The smallest absolute Gasteiger partial charge is 0.227 e. The zero-order valence-corrected chi connectivity index (χ0v) is 11.1. The Morgan fingerprint density at radius 3 is 2.88 bits per heavy atom. The summed E-state index contributed by atoms with van der Waals surface area (Å²) in [5.74, 6) is -0.0546. The van der Waals surface area contributed by atoms with Gasteiger partial charge in [-0.1, -0.05) is 30.7 Å². The molecule has 1 aromatic carbocycles. The predicted molar refractivity (Wildman–Crippen MR) is 72.3 cm³/mol. The number of hydrogen-bond donors (Lipinski definition) is 2. The van der Waals surface area contributed by atoms with E-state index in [2.05, 4.69) is 5.32 Å². The molecular weight excluding hydrogens is 236 g/mol. The van der Waals surface area contributed by atoms with E-state index >= 15 is 0 Å². The van der Waals surface area contributed by atoms with Crippen molar-refractivity contribution in [2.75, 3.05) is 11.9 Å². The number of rotatable bonds is 5. The van der Waals surface area contributed by atoms with Gasteiger partial charge in [0.15, 0.2) is 0 Å². The molecular formula is C13H19ClN2O. The van der Waals surface area contributed by atoms with Crippen LogP contribution >= 0.6 is 11.6 Å². The van der Waals surface area contributed by atoms with Crippen molar-refractivity contribution in [2.45, 2.75) is 26.7 Å². The Morgan fingerprint density at radius 2 is 2.24 bits per heavy atom. The molecule has 0 aliphatic carbocycles.